The van der Waals surface area contributed by atoms with Crippen LogP contribution in [-0.4, -0.2) is 35.6 Å². The summed E-state index contributed by atoms with van der Waals surface area (Å²) in [5.74, 6) is 0.949. The zero-order valence-corrected chi connectivity index (χ0v) is 9.74. The smallest absolute Gasteiger partial charge is 0.222 e. The van der Waals surface area contributed by atoms with Crippen molar-refractivity contribution in [2.75, 3.05) is 19.7 Å². The topological polar surface area (TPSA) is 40.5 Å². The van der Waals surface area contributed by atoms with Gasteiger partial charge in [-0.15, -0.1) is 0 Å². The third kappa shape index (κ3) is 4.20. The minimum atomic E-state index is 0.286. The highest BCUT2D eigenvalue weighted by Crippen LogP contribution is 2.20. The van der Waals surface area contributed by atoms with Gasteiger partial charge in [-0.05, 0) is 31.6 Å². The Balaban J connectivity index is 2.21. The van der Waals surface area contributed by atoms with E-state index in [0.29, 0.717) is 18.2 Å². The number of aliphatic hydroxyl groups is 1. The lowest BCUT2D eigenvalue weighted by Crippen LogP contribution is -2.38. The molecular formula is C12H23NO2. The molecule has 88 valence electrons. The highest BCUT2D eigenvalue weighted by Gasteiger charge is 2.21. The van der Waals surface area contributed by atoms with Crippen LogP contribution in [0.3, 0.4) is 0 Å². The van der Waals surface area contributed by atoms with Crippen LogP contribution in [0.5, 0.6) is 0 Å². The van der Waals surface area contributed by atoms with Crippen LogP contribution in [0.4, 0.5) is 0 Å². The van der Waals surface area contributed by atoms with Gasteiger partial charge < -0.3 is 10.0 Å². The fourth-order valence-corrected chi connectivity index (χ4v) is 2.14. The Labute approximate surface area is 92.5 Å². The van der Waals surface area contributed by atoms with Crippen LogP contribution in [0.2, 0.25) is 0 Å². The first-order valence-corrected chi connectivity index (χ1v) is 6.16. The summed E-state index contributed by atoms with van der Waals surface area (Å²) >= 11 is 0. The molecule has 3 heteroatoms. The highest BCUT2D eigenvalue weighted by atomic mass is 16.3. The Morgan fingerprint density at radius 1 is 1.40 bits per heavy atom. The van der Waals surface area contributed by atoms with Crippen LogP contribution in [0, 0.1) is 5.92 Å². The molecule has 1 aliphatic heterocycles. The predicted molar refractivity (Wildman–Crippen MR) is 60.5 cm³/mol. The predicted octanol–water partition coefficient (Wildman–Crippen LogP) is 1.80. The number of unbranched alkanes of at least 4 members (excludes halogenated alkanes) is 1. The van der Waals surface area contributed by atoms with E-state index in [1.807, 2.05) is 4.90 Å². The molecule has 1 amide bonds. The Morgan fingerprint density at radius 2 is 2.07 bits per heavy atom. The summed E-state index contributed by atoms with van der Waals surface area (Å²) in [7, 11) is 0. The van der Waals surface area contributed by atoms with Crippen molar-refractivity contribution in [2.24, 2.45) is 5.92 Å². The van der Waals surface area contributed by atoms with Gasteiger partial charge in [-0.2, -0.15) is 0 Å². The molecule has 1 heterocycles. The van der Waals surface area contributed by atoms with E-state index in [0.717, 1.165) is 45.2 Å². The molecule has 0 aromatic rings. The Morgan fingerprint density at radius 3 is 2.60 bits per heavy atom. The van der Waals surface area contributed by atoms with Crippen LogP contribution in [0.1, 0.15) is 45.4 Å². The average Bonchev–Trinajstić information content (AvgIpc) is 2.27. The number of amides is 1. The first-order chi connectivity index (χ1) is 7.27. The third-order valence-electron chi connectivity index (χ3n) is 3.25. The van der Waals surface area contributed by atoms with Crippen molar-refractivity contribution in [2.45, 2.75) is 45.4 Å². The molecule has 0 aromatic heterocycles. The average molecular weight is 213 g/mol. The van der Waals surface area contributed by atoms with E-state index in [1.165, 1.54) is 0 Å². The van der Waals surface area contributed by atoms with Gasteiger partial charge in [-0.1, -0.05) is 13.3 Å². The number of carbonyl (C=O) groups is 1. The molecule has 1 rings (SSSR count). The van der Waals surface area contributed by atoms with Gasteiger partial charge in [0.25, 0.3) is 0 Å². The van der Waals surface area contributed by atoms with E-state index in [4.69, 9.17) is 5.11 Å². The molecule has 0 unspecified atom stereocenters. The number of likely N-dealkylation sites (tertiary alicyclic amines) is 1. The maximum atomic E-state index is 11.7. The lowest BCUT2D eigenvalue weighted by molar-refractivity contribution is -0.132. The van der Waals surface area contributed by atoms with Crippen molar-refractivity contribution in [3.63, 3.8) is 0 Å². The zero-order chi connectivity index (χ0) is 11.1. The molecule has 1 N–H and O–H groups in total. The van der Waals surface area contributed by atoms with Crippen molar-refractivity contribution < 1.29 is 9.90 Å². The molecule has 1 fully saturated rings. The lowest BCUT2D eigenvalue weighted by Gasteiger charge is -2.31. The molecular weight excluding hydrogens is 190 g/mol. The molecule has 1 aliphatic rings. The first kappa shape index (κ1) is 12.5. The van der Waals surface area contributed by atoms with Crippen molar-refractivity contribution in [1.29, 1.82) is 0 Å². The normalized spacial score (nSPS) is 18.1. The zero-order valence-electron chi connectivity index (χ0n) is 9.74. The summed E-state index contributed by atoms with van der Waals surface area (Å²) in [5.41, 5.74) is 0. The van der Waals surface area contributed by atoms with Crippen molar-refractivity contribution in [3.05, 3.63) is 0 Å². The second-order valence-corrected chi connectivity index (χ2v) is 4.44. The van der Waals surface area contributed by atoms with Crippen LogP contribution < -0.4 is 0 Å². The Kier molecular flexibility index (Phi) is 5.69. The molecule has 1 saturated heterocycles. The van der Waals surface area contributed by atoms with E-state index < -0.39 is 0 Å². The lowest BCUT2D eigenvalue weighted by atomic mass is 9.94. The molecule has 0 spiro atoms. The highest BCUT2D eigenvalue weighted by molar-refractivity contribution is 5.76. The van der Waals surface area contributed by atoms with Gasteiger partial charge in [-0.3, -0.25) is 4.79 Å². The fourth-order valence-electron chi connectivity index (χ4n) is 2.14. The second kappa shape index (κ2) is 6.83. The van der Waals surface area contributed by atoms with Crippen LogP contribution in [0.15, 0.2) is 0 Å². The van der Waals surface area contributed by atoms with Gasteiger partial charge in [0, 0.05) is 26.1 Å². The second-order valence-electron chi connectivity index (χ2n) is 4.44. The van der Waals surface area contributed by atoms with Crippen LogP contribution in [0.25, 0.3) is 0 Å². The van der Waals surface area contributed by atoms with Crippen molar-refractivity contribution in [3.8, 4) is 0 Å². The van der Waals surface area contributed by atoms with Crippen molar-refractivity contribution >= 4 is 5.91 Å². The van der Waals surface area contributed by atoms with Gasteiger partial charge in [0.15, 0.2) is 0 Å². The van der Waals surface area contributed by atoms with Gasteiger partial charge in [-0.25, -0.2) is 0 Å². The van der Waals surface area contributed by atoms with Gasteiger partial charge in [0.05, 0.1) is 0 Å². The summed E-state index contributed by atoms with van der Waals surface area (Å²) in [4.78, 5) is 13.7. The van der Waals surface area contributed by atoms with Crippen LogP contribution in [-0.2, 0) is 4.79 Å². The molecule has 0 aromatic carbocycles. The summed E-state index contributed by atoms with van der Waals surface area (Å²) in [6, 6.07) is 0. The summed E-state index contributed by atoms with van der Waals surface area (Å²) in [6.07, 6.45) is 5.84. The number of rotatable bonds is 5. The quantitative estimate of drug-likeness (QED) is 0.756. The van der Waals surface area contributed by atoms with E-state index in [1.54, 1.807) is 0 Å². The summed E-state index contributed by atoms with van der Waals surface area (Å²) in [6.45, 7) is 4.19. The Bertz CT molecular complexity index is 186. The minimum absolute atomic E-state index is 0.286. The number of piperidine rings is 1. The minimum Gasteiger partial charge on any atom is -0.396 e. The monoisotopic (exact) mass is 213 g/mol. The van der Waals surface area contributed by atoms with Gasteiger partial charge in [0.2, 0.25) is 5.91 Å². The number of carbonyl (C=O) groups excluding carboxylic acids is 1. The van der Waals surface area contributed by atoms with E-state index in [-0.39, 0.29) is 6.61 Å². The molecule has 0 aliphatic carbocycles. The van der Waals surface area contributed by atoms with Gasteiger partial charge in [0.1, 0.15) is 0 Å². The number of hydrogen-bond donors (Lipinski definition) is 1. The molecule has 3 nitrogen and oxygen atoms in total. The van der Waals surface area contributed by atoms with Crippen LogP contribution >= 0.6 is 0 Å². The number of hydrogen-bond acceptors (Lipinski definition) is 2. The maximum absolute atomic E-state index is 11.7. The summed E-state index contributed by atoms with van der Waals surface area (Å²) < 4.78 is 0. The third-order valence-corrected chi connectivity index (χ3v) is 3.25. The number of nitrogens with zero attached hydrogens (tertiary/aromatic N) is 1. The first-order valence-electron chi connectivity index (χ1n) is 6.16. The SMILES string of the molecule is CCCCC(=O)N1CCC(CCO)CC1. The largest absolute Gasteiger partial charge is 0.396 e. The molecule has 0 saturated carbocycles. The van der Waals surface area contributed by atoms with E-state index in [2.05, 4.69) is 6.92 Å². The van der Waals surface area contributed by atoms with Crippen molar-refractivity contribution in [1.82, 2.24) is 4.90 Å². The molecule has 0 atom stereocenters. The number of aliphatic hydroxyl groups excluding tert-OH is 1. The molecule has 15 heavy (non-hydrogen) atoms. The maximum Gasteiger partial charge on any atom is 0.222 e. The van der Waals surface area contributed by atoms with E-state index >= 15 is 0 Å². The fraction of sp³-hybridized carbons (Fsp3) is 0.917. The molecule has 0 bridgehead atoms. The Hall–Kier alpha value is -0.570. The van der Waals surface area contributed by atoms with E-state index in [9.17, 15) is 4.79 Å². The molecule has 0 radical (unpaired) electrons. The standard InChI is InChI=1S/C12H23NO2/c1-2-3-4-12(15)13-8-5-11(6-9-13)7-10-14/h11,14H,2-10H2,1H3. The van der Waals surface area contributed by atoms with Gasteiger partial charge >= 0.3 is 0 Å². The summed E-state index contributed by atoms with van der Waals surface area (Å²) in [5, 5.41) is 8.83.